The lowest BCUT2D eigenvalue weighted by molar-refractivity contribution is -0.124. The smallest absolute Gasteiger partial charge is 0.298 e. The van der Waals surface area contributed by atoms with E-state index in [2.05, 4.69) is 28.2 Å². The van der Waals surface area contributed by atoms with E-state index in [9.17, 15) is 28.0 Å². The fraction of sp³-hybridized carbons (Fsp3) is 0.0750. The second kappa shape index (κ2) is 23.3. The van der Waals surface area contributed by atoms with Gasteiger partial charge in [0.15, 0.2) is 17.9 Å². The van der Waals surface area contributed by atoms with Gasteiger partial charge >= 0.3 is 0 Å². The zero-order chi connectivity index (χ0) is 39.0. The van der Waals surface area contributed by atoms with E-state index < -0.39 is 11.4 Å². The number of ether oxygens (including phenoxy) is 3. The van der Waals surface area contributed by atoms with Gasteiger partial charge in [-0.15, -0.1) is 0 Å². The second-order valence-electron chi connectivity index (χ2n) is 10.0. The van der Waals surface area contributed by atoms with Crippen molar-refractivity contribution in [1.82, 2.24) is 9.55 Å². The van der Waals surface area contributed by atoms with Gasteiger partial charge in [-0.3, -0.25) is 23.7 Å². The molecule has 5 rings (SSSR count). The van der Waals surface area contributed by atoms with Crippen molar-refractivity contribution >= 4 is 30.7 Å². The van der Waals surface area contributed by atoms with Crippen molar-refractivity contribution in [2.24, 2.45) is 0 Å². The number of methoxy groups -OCH3 is 1. The Morgan fingerprint density at radius 2 is 1.62 bits per heavy atom. The van der Waals surface area contributed by atoms with Gasteiger partial charge in [-0.1, -0.05) is 37.4 Å². The molecule has 5 aromatic rings. The molecule has 0 aliphatic rings. The first-order valence-electron chi connectivity index (χ1n) is 15.5. The molecule has 13 heteroatoms. The molecule has 0 aliphatic carbocycles. The van der Waals surface area contributed by atoms with Gasteiger partial charge in [0.1, 0.15) is 28.9 Å². The molecule has 0 fully saturated rings. The molecular weight excluding hydrogens is 686 g/mol. The number of hydrogen-bond acceptors (Lipinski definition) is 9. The van der Waals surface area contributed by atoms with Crippen molar-refractivity contribution in [2.45, 2.75) is 0 Å². The number of benzene rings is 3. The molecule has 3 aromatic carbocycles. The number of para-hydroxylation sites is 1. The standard InChI is InChI=1S/C14H14FN3O2.C12H8FNO2.C7H8O2.C7H8O/c1-16-10-3-4-13(12(15)7-10)20-11-5-6-17-14(8-11)18(2)9-19;13-10-3-5-11(6-4-10)14-7-1-2-9(8-15)12(14)16;1-3-5-7(4-2)9-6-8;1-8-7-5-3-2-4-6-7/h3-9,16H,1-2H3;1-8H;3-6H,1-2H2;2-6H,1H3/b;;7-5+;. The van der Waals surface area contributed by atoms with Crippen LogP contribution in [-0.2, 0) is 14.3 Å². The molecule has 0 atom stereocenters. The van der Waals surface area contributed by atoms with Crippen molar-refractivity contribution < 1.29 is 37.4 Å². The van der Waals surface area contributed by atoms with Crippen LogP contribution in [0.4, 0.5) is 20.3 Å². The van der Waals surface area contributed by atoms with E-state index in [0.29, 0.717) is 47.9 Å². The van der Waals surface area contributed by atoms with Crippen LogP contribution < -0.4 is 25.2 Å². The highest BCUT2D eigenvalue weighted by molar-refractivity contribution is 5.74. The number of amides is 1. The first-order valence-corrected chi connectivity index (χ1v) is 15.5. The molecule has 0 spiro atoms. The van der Waals surface area contributed by atoms with Crippen molar-refractivity contribution in [3.63, 3.8) is 0 Å². The molecule has 0 saturated carbocycles. The van der Waals surface area contributed by atoms with Crippen LogP contribution in [0.2, 0.25) is 0 Å². The van der Waals surface area contributed by atoms with Crippen LogP contribution >= 0.6 is 0 Å². The summed E-state index contributed by atoms with van der Waals surface area (Å²) in [6.45, 7) is 7.15. The van der Waals surface area contributed by atoms with E-state index in [0.717, 1.165) is 5.75 Å². The van der Waals surface area contributed by atoms with Crippen molar-refractivity contribution in [2.75, 3.05) is 31.4 Å². The van der Waals surface area contributed by atoms with Crippen LogP contribution in [0.3, 0.4) is 0 Å². The first-order chi connectivity index (χ1) is 25.6. The topological polar surface area (TPSA) is 129 Å². The minimum Gasteiger partial charge on any atom is -0.497 e. The summed E-state index contributed by atoms with van der Waals surface area (Å²) >= 11 is 0. The SMILES string of the molecule is C=C/C=C(\C=C)OC=O.CNc1ccc(Oc2ccnc(N(C)C=O)c2)c(F)c1.COc1ccccc1.O=Cc1cccn(-c2ccc(F)cc2)c1=O. The third-order valence-electron chi connectivity index (χ3n) is 6.54. The van der Waals surface area contributed by atoms with Gasteiger partial charge in [-0.2, -0.15) is 0 Å². The monoisotopic (exact) mass is 724 g/mol. The highest BCUT2D eigenvalue weighted by Gasteiger charge is 2.08. The van der Waals surface area contributed by atoms with Gasteiger partial charge in [0.2, 0.25) is 6.41 Å². The fourth-order valence-electron chi connectivity index (χ4n) is 3.87. The number of aldehydes is 1. The molecule has 1 amide bonds. The number of nitrogens with one attached hydrogen (secondary N) is 1. The maximum absolute atomic E-state index is 13.8. The Morgan fingerprint density at radius 3 is 2.17 bits per heavy atom. The second-order valence-corrected chi connectivity index (χ2v) is 10.0. The van der Waals surface area contributed by atoms with E-state index in [1.165, 1.54) is 76.5 Å². The Kier molecular flexibility index (Phi) is 18.5. The van der Waals surface area contributed by atoms with E-state index in [1.54, 1.807) is 51.5 Å². The van der Waals surface area contributed by atoms with Crippen LogP contribution in [0, 0.1) is 11.6 Å². The molecular formula is C40H38F2N4O7. The molecule has 53 heavy (non-hydrogen) atoms. The number of allylic oxidation sites excluding steroid dienone is 3. The van der Waals surface area contributed by atoms with Gasteiger partial charge in [0, 0.05) is 50.0 Å². The molecule has 11 nitrogen and oxygen atoms in total. The number of carbonyl (C=O) groups is 3. The summed E-state index contributed by atoms with van der Waals surface area (Å²) in [7, 11) is 4.94. The minimum atomic E-state index is -0.473. The lowest BCUT2D eigenvalue weighted by Gasteiger charge is -2.12. The number of rotatable bonds is 12. The molecule has 2 heterocycles. The maximum atomic E-state index is 13.8. The van der Waals surface area contributed by atoms with Crippen LogP contribution in [0.25, 0.3) is 5.69 Å². The summed E-state index contributed by atoms with van der Waals surface area (Å²) in [4.78, 5) is 48.0. The lowest BCUT2D eigenvalue weighted by atomic mass is 10.2. The number of hydrogen-bond donors (Lipinski definition) is 1. The third kappa shape index (κ3) is 14.3. The number of anilines is 2. The summed E-state index contributed by atoms with van der Waals surface area (Å²) in [6, 6.07) is 25.9. The summed E-state index contributed by atoms with van der Waals surface area (Å²) in [5.41, 5.74) is 0.844. The van der Waals surface area contributed by atoms with Crippen LogP contribution in [-0.4, -0.2) is 49.9 Å². The predicted molar refractivity (Wildman–Crippen MR) is 201 cm³/mol. The van der Waals surface area contributed by atoms with Crippen molar-refractivity contribution in [1.29, 1.82) is 0 Å². The number of carbonyl (C=O) groups excluding carboxylic acids is 3. The van der Waals surface area contributed by atoms with Gasteiger partial charge in [-0.25, -0.2) is 13.8 Å². The summed E-state index contributed by atoms with van der Waals surface area (Å²) in [5.74, 6) is 1.40. The number of aromatic nitrogens is 2. The highest BCUT2D eigenvalue weighted by Crippen LogP contribution is 2.27. The molecule has 0 radical (unpaired) electrons. The predicted octanol–water partition coefficient (Wildman–Crippen LogP) is 7.55. The van der Waals surface area contributed by atoms with E-state index >= 15 is 0 Å². The summed E-state index contributed by atoms with van der Waals surface area (Å²) < 4.78 is 42.6. The Balaban J connectivity index is 0.000000262. The summed E-state index contributed by atoms with van der Waals surface area (Å²) in [5, 5.41) is 2.84. The quantitative estimate of drug-likeness (QED) is 0.0788. The van der Waals surface area contributed by atoms with Crippen molar-refractivity contribution in [3.8, 4) is 22.9 Å². The summed E-state index contributed by atoms with van der Waals surface area (Å²) in [6.07, 6.45) is 8.64. The molecule has 0 bridgehead atoms. The fourth-order valence-corrected chi connectivity index (χ4v) is 3.87. The van der Waals surface area contributed by atoms with E-state index in [4.69, 9.17) is 9.47 Å². The van der Waals surface area contributed by atoms with Crippen LogP contribution in [0.15, 0.2) is 151 Å². The molecule has 274 valence electrons. The Bertz CT molecular complexity index is 2020. The van der Waals surface area contributed by atoms with Gasteiger partial charge in [0.05, 0.1) is 12.7 Å². The van der Waals surface area contributed by atoms with E-state index in [1.807, 2.05) is 30.3 Å². The van der Waals surface area contributed by atoms with Gasteiger partial charge in [-0.05, 0) is 78.9 Å². The Hall–Kier alpha value is -7.15. The zero-order valence-electron chi connectivity index (χ0n) is 29.2. The molecule has 0 saturated heterocycles. The van der Waals surface area contributed by atoms with Crippen molar-refractivity contribution in [3.05, 3.63) is 174 Å². The number of halogens is 2. The molecule has 2 aromatic heterocycles. The molecule has 0 unspecified atom stereocenters. The number of nitrogens with zero attached hydrogens (tertiary/aromatic N) is 3. The number of pyridine rings is 2. The average Bonchev–Trinajstić information content (AvgIpc) is 3.20. The van der Waals surface area contributed by atoms with Crippen LogP contribution in [0.5, 0.6) is 17.2 Å². The lowest BCUT2D eigenvalue weighted by Crippen LogP contribution is -2.20. The van der Waals surface area contributed by atoms with Gasteiger partial charge in [0.25, 0.3) is 12.0 Å². The Labute approximate surface area is 305 Å². The average molecular weight is 725 g/mol. The van der Waals surface area contributed by atoms with Crippen LogP contribution in [0.1, 0.15) is 10.4 Å². The van der Waals surface area contributed by atoms with E-state index in [-0.39, 0.29) is 17.1 Å². The zero-order valence-corrected chi connectivity index (χ0v) is 29.2. The minimum absolute atomic E-state index is 0.0758. The maximum Gasteiger partial charge on any atom is 0.298 e. The third-order valence-corrected chi connectivity index (χ3v) is 6.54. The van der Waals surface area contributed by atoms with Gasteiger partial charge < -0.3 is 24.4 Å². The largest absolute Gasteiger partial charge is 0.497 e. The Morgan fingerprint density at radius 1 is 0.906 bits per heavy atom. The highest BCUT2D eigenvalue weighted by atomic mass is 19.1. The first kappa shape index (κ1) is 42.0. The molecule has 1 N–H and O–H groups in total. The normalized spacial score (nSPS) is 9.79. The molecule has 0 aliphatic heterocycles.